The Morgan fingerprint density at radius 2 is 1.35 bits per heavy atom. The number of aryl methyl sites for hydroxylation is 1. The lowest BCUT2D eigenvalue weighted by Crippen LogP contribution is -2.57. The Morgan fingerprint density at radius 1 is 0.710 bits per heavy atom. The molecule has 0 unspecified atom stereocenters. The molecule has 3 nitrogen and oxygen atoms in total. The molecule has 1 aliphatic rings. The van der Waals surface area contributed by atoms with Crippen LogP contribution in [0.2, 0.25) is 0 Å². The Kier molecular flexibility index (Phi) is 4.92. The lowest BCUT2D eigenvalue weighted by Gasteiger charge is -2.53. The van der Waals surface area contributed by atoms with Gasteiger partial charge in [0, 0.05) is 12.0 Å². The molecule has 0 radical (unpaired) electrons. The maximum Gasteiger partial charge on any atom is 0.243 e. The molecule has 31 heavy (non-hydrogen) atoms. The normalized spacial score (nSPS) is 21.7. The second-order valence-electron chi connectivity index (χ2n) is 8.38. The molecule has 1 fully saturated rings. The van der Waals surface area contributed by atoms with Gasteiger partial charge < -0.3 is 0 Å². The molecule has 0 amide bonds. The Hall–Kier alpha value is -2.95. The standard InChI is InChI=1S/C27H25NO2S/c1-19-12-16-25(17-13-19)31(29,30)28-20(2)26(22-9-4-3-5-10-22)27(28)24-15-14-21-8-6-7-11-23(21)18-24/h3-18,20,26-27H,1-2H3/t20-,26-,27+/m0/s1. The SMILES string of the molecule is Cc1ccc(S(=O)(=O)N2[C@H](c3ccc4ccccc4c3)[C@H](c3ccccc3)[C@@H]2C)cc1. The minimum absolute atomic E-state index is 0.0996. The molecule has 1 heterocycles. The summed E-state index contributed by atoms with van der Waals surface area (Å²) >= 11 is 0. The van der Waals surface area contributed by atoms with Crippen molar-refractivity contribution in [3.05, 3.63) is 114 Å². The molecule has 4 heteroatoms. The highest BCUT2D eigenvalue weighted by molar-refractivity contribution is 7.89. The molecule has 1 aliphatic heterocycles. The summed E-state index contributed by atoms with van der Waals surface area (Å²) in [6.45, 7) is 3.98. The third-order valence-electron chi connectivity index (χ3n) is 6.43. The molecular weight excluding hydrogens is 402 g/mol. The maximum atomic E-state index is 13.7. The fourth-order valence-corrected chi connectivity index (χ4v) is 6.66. The van der Waals surface area contributed by atoms with Gasteiger partial charge in [-0.05, 0) is 53.9 Å². The van der Waals surface area contributed by atoms with Gasteiger partial charge in [0.2, 0.25) is 10.0 Å². The third-order valence-corrected chi connectivity index (χ3v) is 8.41. The van der Waals surface area contributed by atoms with Gasteiger partial charge in [-0.15, -0.1) is 0 Å². The predicted octanol–water partition coefficient (Wildman–Crippen LogP) is 6.07. The third kappa shape index (κ3) is 3.36. The highest BCUT2D eigenvalue weighted by atomic mass is 32.2. The quantitative estimate of drug-likeness (QED) is 0.397. The van der Waals surface area contributed by atoms with Crippen molar-refractivity contribution in [3.8, 4) is 0 Å². The van der Waals surface area contributed by atoms with Crippen LogP contribution in [0.5, 0.6) is 0 Å². The zero-order valence-corrected chi connectivity index (χ0v) is 18.5. The van der Waals surface area contributed by atoms with Gasteiger partial charge >= 0.3 is 0 Å². The molecule has 0 spiro atoms. The number of hydrogen-bond acceptors (Lipinski definition) is 2. The molecule has 1 saturated heterocycles. The van der Waals surface area contributed by atoms with Crippen LogP contribution in [0.3, 0.4) is 0 Å². The van der Waals surface area contributed by atoms with E-state index >= 15 is 0 Å². The fraction of sp³-hybridized carbons (Fsp3) is 0.185. The van der Waals surface area contributed by atoms with Gasteiger partial charge in [-0.1, -0.05) is 84.4 Å². The molecule has 3 atom stereocenters. The summed E-state index contributed by atoms with van der Waals surface area (Å²) in [5.74, 6) is 0.0996. The number of rotatable bonds is 4. The summed E-state index contributed by atoms with van der Waals surface area (Å²) < 4.78 is 29.1. The van der Waals surface area contributed by atoms with Gasteiger partial charge in [-0.25, -0.2) is 8.42 Å². The molecular formula is C27H25NO2S. The largest absolute Gasteiger partial charge is 0.243 e. The molecule has 156 valence electrons. The van der Waals surface area contributed by atoms with E-state index in [9.17, 15) is 8.42 Å². The van der Waals surface area contributed by atoms with Crippen LogP contribution in [-0.4, -0.2) is 18.8 Å². The Bertz CT molecular complexity index is 1330. The van der Waals surface area contributed by atoms with Crippen molar-refractivity contribution in [2.75, 3.05) is 0 Å². The summed E-state index contributed by atoms with van der Waals surface area (Å²) in [5, 5.41) is 2.28. The lowest BCUT2D eigenvalue weighted by atomic mass is 9.75. The van der Waals surface area contributed by atoms with Crippen LogP contribution in [0.15, 0.2) is 102 Å². The first-order valence-corrected chi connectivity index (χ1v) is 12.0. The topological polar surface area (TPSA) is 37.4 Å². The molecule has 0 bridgehead atoms. The van der Waals surface area contributed by atoms with E-state index in [4.69, 9.17) is 0 Å². The highest BCUT2D eigenvalue weighted by Gasteiger charge is 2.53. The van der Waals surface area contributed by atoms with E-state index < -0.39 is 10.0 Å². The van der Waals surface area contributed by atoms with Crippen LogP contribution in [0.25, 0.3) is 10.8 Å². The van der Waals surface area contributed by atoms with E-state index in [1.807, 2.05) is 56.3 Å². The minimum atomic E-state index is -3.63. The van der Waals surface area contributed by atoms with E-state index in [1.54, 1.807) is 16.4 Å². The molecule has 4 aromatic carbocycles. The average molecular weight is 428 g/mol. The predicted molar refractivity (Wildman–Crippen MR) is 126 cm³/mol. The van der Waals surface area contributed by atoms with E-state index in [0.29, 0.717) is 4.90 Å². The summed E-state index contributed by atoms with van der Waals surface area (Å²) in [5.41, 5.74) is 3.24. The van der Waals surface area contributed by atoms with Gasteiger partial charge in [0.1, 0.15) is 0 Å². The van der Waals surface area contributed by atoms with Crippen LogP contribution in [0.4, 0.5) is 0 Å². The van der Waals surface area contributed by atoms with Gasteiger partial charge in [0.25, 0.3) is 0 Å². The zero-order chi connectivity index (χ0) is 21.6. The van der Waals surface area contributed by atoms with Crippen molar-refractivity contribution in [1.82, 2.24) is 4.31 Å². The number of hydrogen-bond donors (Lipinski definition) is 0. The van der Waals surface area contributed by atoms with Crippen molar-refractivity contribution in [2.45, 2.75) is 36.7 Å². The number of benzene rings is 4. The molecule has 0 aromatic heterocycles. The Balaban J connectivity index is 1.63. The second-order valence-corrected chi connectivity index (χ2v) is 10.2. The van der Waals surface area contributed by atoms with E-state index in [2.05, 4.69) is 42.5 Å². The van der Waals surface area contributed by atoms with Gasteiger partial charge in [-0.3, -0.25) is 0 Å². The maximum absolute atomic E-state index is 13.7. The first-order chi connectivity index (χ1) is 15.0. The number of sulfonamides is 1. The summed E-state index contributed by atoms with van der Waals surface area (Å²) in [6.07, 6.45) is 0. The zero-order valence-electron chi connectivity index (χ0n) is 17.6. The van der Waals surface area contributed by atoms with E-state index in [0.717, 1.165) is 21.9 Å². The van der Waals surface area contributed by atoms with Crippen molar-refractivity contribution >= 4 is 20.8 Å². The Morgan fingerprint density at radius 3 is 2.06 bits per heavy atom. The smallest absolute Gasteiger partial charge is 0.207 e. The minimum Gasteiger partial charge on any atom is -0.207 e. The van der Waals surface area contributed by atoms with Crippen molar-refractivity contribution < 1.29 is 8.42 Å². The number of fused-ring (bicyclic) bond motifs is 1. The van der Waals surface area contributed by atoms with Crippen molar-refractivity contribution in [3.63, 3.8) is 0 Å². The Labute approximate surface area is 184 Å². The summed E-state index contributed by atoms with van der Waals surface area (Å²) in [6, 6.07) is 31.5. The van der Waals surface area contributed by atoms with Gasteiger partial charge in [-0.2, -0.15) is 4.31 Å². The lowest BCUT2D eigenvalue weighted by molar-refractivity contribution is 0.0850. The van der Waals surface area contributed by atoms with Crippen LogP contribution < -0.4 is 0 Å². The highest BCUT2D eigenvalue weighted by Crippen LogP contribution is 2.53. The monoisotopic (exact) mass is 427 g/mol. The molecule has 4 aromatic rings. The average Bonchev–Trinajstić information content (AvgIpc) is 2.78. The second kappa shape index (κ2) is 7.63. The fourth-order valence-electron chi connectivity index (χ4n) is 4.81. The summed E-state index contributed by atoms with van der Waals surface area (Å²) in [4.78, 5) is 0.349. The van der Waals surface area contributed by atoms with Crippen LogP contribution >= 0.6 is 0 Å². The molecule has 0 aliphatic carbocycles. The van der Waals surface area contributed by atoms with Crippen molar-refractivity contribution in [1.29, 1.82) is 0 Å². The first-order valence-electron chi connectivity index (χ1n) is 10.6. The summed E-state index contributed by atoms with van der Waals surface area (Å²) in [7, 11) is -3.63. The molecule has 5 rings (SSSR count). The first kappa shape index (κ1) is 20.0. The number of nitrogens with zero attached hydrogens (tertiary/aromatic N) is 1. The van der Waals surface area contributed by atoms with E-state index in [-0.39, 0.29) is 18.0 Å². The van der Waals surface area contributed by atoms with Crippen LogP contribution in [0, 0.1) is 6.92 Å². The van der Waals surface area contributed by atoms with Crippen LogP contribution in [0.1, 0.15) is 35.6 Å². The molecule has 0 N–H and O–H groups in total. The van der Waals surface area contributed by atoms with Gasteiger partial charge in [0.05, 0.1) is 10.9 Å². The van der Waals surface area contributed by atoms with Crippen LogP contribution in [-0.2, 0) is 10.0 Å². The van der Waals surface area contributed by atoms with Gasteiger partial charge in [0.15, 0.2) is 0 Å². The van der Waals surface area contributed by atoms with Crippen molar-refractivity contribution in [2.24, 2.45) is 0 Å². The molecule has 0 saturated carbocycles. The van der Waals surface area contributed by atoms with E-state index in [1.165, 1.54) is 5.56 Å².